The second kappa shape index (κ2) is 19.3. The maximum atomic E-state index is 13.2. The zero-order valence-corrected chi connectivity index (χ0v) is 42.2. The lowest BCUT2D eigenvalue weighted by molar-refractivity contribution is -0.144. The largest absolute Gasteiger partial charge is 0.465 e. The van der Waals surface area contributed by atoms with Gasteiger partial charge < -0.3 is 39.1 Å². The van der Waals surface area contributed by atoms with Gasteiger partial charge in [-0.1, -0.05) is 60.7 Å². The fraction of sp³-hybridized carbons (Fsp3) is 0.350. The number of aliphatic hydroxyl groups excluding tert-OH is 1. The van der Waals surface area contributed by atoms with Crippen LogP contribution in [-0.4, -0.2) is 83.0 Å². The Morgan fingerprint density at radius 2 is 1.11 bits per heavy atom. The molecule has 0 saturated carbocycles. The summed E-state index contributed by atoms with van der Waals surface area (Å²) in [5.41, 5.74) is 20.2. The van der Waals surface area contributed by atoms with Crippen LogP contribution in [0, 0.1) is 0 Å². The smallest absolute Gasteiger partial charge is 0.320 e. The maximum Gasteiger partial charge on any atom is 0.320 e. The van der Waals surface area contributed by atoms with E-state index in [-0.39, 0.29) is 43.1 Å². The minimum atomic E-state index is -0.212. The molecule has 370 valence electrons. The van der Waals surface area contributed by atoms with Crippen LogP contribution in [0.15, 0.2) is 84.9 Å². The van der Waals surface area contributed by atoms with E-state index in [1.54, 1.807) is 0 Å². The average molecular weight is 966 g/mol. The molecular weight excluding hydrogens is 903 g/mol. The molecule has 0 radical (unpaired) electrons. The van der Waals surface area contributed by atoms with Gasteiger partial charge in [-0.2, -0.15) is 0 Å². The molecule has 4 heterocycles. The van der Waals surface area contributed by atoms with Gasteiger partial charge in [-0.25, -0.2) is 0 Å². The van der Waals surface area contributed by atoms with Gasteiger partial charge in [0.1, 0.15) is 0 Å². The molecule has 0 spiro atoms. The third kappa shape index (κ3) is 8.24. The summed E-state index contributed by atoms with van der Waals surface area (Å²) in [5, 5.41) is 20.5. The van der Waals surface area contributed by atoms with Gasteiger partial charge in [0, 0.05) is 89.3 Å². The number of esters is 1. The summed E-state index contributed by atoms with van der Waals surface area (Å²) in [7, 11) is 3.72. The van der Waals surface area contributed by atoms with Gasteiger partial charge in [0.15, 0.2) is 0 Å². The first-order valence-electron chi connectivity index (χ1n) is 25.5. The Hall–Kier alpha value is -6.83. The molecule has 0 unspecified atom stereocenters. The van der Waals surface area contributed by atoms with E-state index in [1.165, 1.54) is 49.6 Å². The van der Waals surface area contributed by atoms with Crippen LogP contribution in [0.3, 0.4) is 0 Å². The van der Waals surface area contributed by atoms with Crippen LogP contribution in [0.1, 0.15) is 106 Å². The van der Waals surface area contributed by atoms with E-state index in [4.69, 9.17) is 14.2 Å². The first-order valence-corrected chi connectivity index (χ1v) is 25.5. The summed E-state index contributed by atoms with van der Waals surface area (Å²) in [5.74, 6) is -0.181. The molecule has 0 bridgehead atoms. The molecule has 0 atom stereocenters. The molecule has 6 aromatic carbocycles. The molecule has 72 heavy (non-hydrogen) atoms. The highest BCUT2D eigenvalue weighted by Gasteiger charge is 2.37. The van der Waals surface area contributed by atoms with Crippen molar-refractivity contribution < 1.29 is 33.7 Å². The average Bonchev–Trinajstić information content (AvgIpc) is 4.22. The monoisotopic (exact) mass is 965 g/mol. The Kier molecular flexibility index (Phi) is 12.7. The normalized spacial score (nSPS) is 14.0. The SMILES string of the molecule is CC(C)OCc1ccc2c(c1)c1c3c(c4c(c1n2CCCO)Cc1ccccc1-4)C(=O)NC3.CC(C)OCc1ccc2c(c1)c1c3c(c4c(c1n2CCCOC(=O)CN(C)C)Cc1ccccc1-4)C(=O)NC3. The summed E-state index contributed by atoms with van der Waals surface area (Å²) in [6.07, 6.45) is 3.31. The fourth-order valence-corrected chi connectivity index (χ4v) is 11.8. The molecule has 8 aromatic rings. The minimum Gasteiger partial charge on any atom is -0.465 e. The first kappa shape index (κ1) is 47.5. The number of carbonyl (C=O) groups excluding carboxylic acids is 3. The van der Waals surface area contributed by atoms with Gasteiger partial charge in [-0.15, -0.1) is 0 Å². The predicted molar refractivity (Wildman–Crippen MR) is 283 cm³/mol. The number of rotatable bonds is 15. The van der Waals surface area contributed by atoms with E-state index in [1.807, 2.05) is 46.7 Å². The molecule has 3 N–H and O–H groups in total. The highest BCUT2D eigenvalue weighted by molar-refractivity contribution is 6.21. The summed E-state index contributed by atoms with van der Waals surface area (Å²) < 4.78 is 22.1. The van der Waals surface area contributed by atoms with E-state index in [2.05, 4.69) is 105 Å². The van der Waals surface area contributed by atoms with Crippen LogP contribution in [0.4, 0.5) is 0 Å². The molecule has 12 heteroatoms. The third-order valence-corrected chi connectivity index (χ3v) is 14.7. The molecule has 2 aliphatic carbocycles. The van der Waals surface area contributed by atoms with E-state index in [9.17, 15) is 19.5 Å². The number of nitrogens with one attached hydrogen (secondary N) is 2. The van der Waals surface area contributed by atoms with Crippen LogP contribution in [0.5, 0.6) is 0 Å². The summed E-state index contributed by atoms with van der Waals surface area (Å²) >= 11 is 0. The maximum absolute atomic E-state index is 13.2. The van der Waals surface area contributed by atoms with Gasteiger partial charge in [-0.3, -0.25) is 19.3 Å². The van der Waals surface area contributed by atoms with Crippen LogP contribution < -0.4 is 10.6 Å². The Labute approximate surface area is 419 Å². The van der Waals surface area contributed by atoms with E-state index in [0.717, 1.165) is 91.3 Å². The minimum absolute atomic E-state index is 0.00727. The highest BCUT2D eigenvalue weighted by atomic mass is 16.5. The van der Waals surface area contributed by atoms with Gasteiger partial charge in [-0.05, 0) is 135 Å². The number of ether oxygens (including phenoxy) is 3. The van der Waals surface area contributed by atoms with Crippen molar-refractivity contribution in [1.29, 1.82) is 0 Å². The van der Waals surface area contributed by atoms with Crippen LogP contribution in [-0.2, 0) is 71.2 Å². The number of fused-ring (bicyclic) bond motifs is 20. The molecule has 2 aromatic heterocycles. The second-order valence-electron chi connectivity index (χ2n) is 20.5. The summed E-state index contributed by atoms with van der Waals surface area (Å²) in [4.78, 5) is 40.2. The van der Waals surface area contributed by atoms with Crippen molar-refractivity contribution in [3.63, 3.8) is 0 Å². The lowest BCUT2D eigenvalue weighted by Crippen LogP contribution is -2.24. The van der Waals surface area contributed by atoms with Gasteiger partial charge in [0.2, 0.25) is 0 Å². The lowest BCUT2D eigenvalue weighted by Gasteiger charge is -2.14. The Balaban J connectivity index is 0.000000158. The number of hydrogen-bond acceptors (Lipinski definition) is 8. The molecule has 2 amide bonds. The van der Waals surface area contributed by atoms with E-state index >= 15 is 0 Å². The molecule has 12 nitrogen and oxygen atoms in total. The molecule has 2 aliphatic heterocycles. The summed E-state index contributed by atoms with van der Waals surface area (Å²) in [6.45, 7) is 12.6. The highest BCUT2D eigenvalue weighted by Crippen LogP contribution is 2.50. The summed E-state index contributed by atoms with van der Waals surface area (Å²) in [6, 6.07) is 29.9. The Morgan fingerprint density at radius 3 is 1.57 bits per heavy atom. The van der Waals surface area contributed by atoms with Gasteiger partial charge in [0.25, 0.3) is 11.8 Å². The van der Waals surface area contributed by atoms with Crippen molar-refractivity contribution in [1.82, 2.24) is 24.7 Å². The number of amides is 2. The lowest BCUT2D eigenvalue weighted by atomic mass is 9.92. The molecule has 0 saturated heterocycles. The first-order chi connectivity index (χ1) is 34.9. The number of likely N-dealkylation sites (N-methyl/N-ethyl adjacent to an activating group) is 1. The predicted octanol–water partition coefficient (Wildman–Crippen LogP) is 9.95. The molecular formula is C60H63N5O7. The number of aryl methyl sites for hydroxylation is 2. The molecule has 12 rings (SSSR count). The van der Waals surface area contributed by atoms with Crippen molar-refractivity contribution in [2.75, 3.05) is 33.9 Å². The molecule has 0 fully saturated rings. The zero-order valence-electron chi connectivity index (χ0n) is 42.2. The second-order valence-corrected chi connectivity index (χ2v) is 20.5. The van der Waals surface area contributed by atoms with Crippen molar-refractivity contribution in [2.45, 2.75) is 105 Å². The topological polar surface area (TPSA) is 136 Å². The van der Waals surface area contributed by atoms with Crippen molar-refractivity contribution in [3.05, 3.63) is 141 Å². The van der Waals surface area contributed by atoms with Crippen molar-refractivity contribution >= 4 is 61.4 Å². The van der Waals surface area contributed by atoms with E-state index < -0.39 is 0 Å². The standard InChI is InChI=1S/C32H35N3O4.C28H28N2O3/c1-19(2)39-18-20-10-11-26-23(14-20)29-25-16-33-32(37)30(25)28-22-9-6-5-8-21(22)15-24(28)31(29)35(26)12-7-13-38-27(36)17-34(3)4;1-16(2)33-15-17-8-9-23-20(12-17)25-22-14-29-28(32)26(22)24-19-7-4-3-6-18(19)13-21(24)27(25)30(23)10-5-11-31/h5-6,8-11,14,19H,7,12-13,15-18H2,1-4H3,(H,33,37);3-4,6-9,12,16,31H,5,10-11,13-15H2,1-2H3,(H,29,32). The third-order valence-electron chi connectivity index (χ3n) is 14.7. The van der Waals surface area contributed by atoms with Crippen molar-refractivity contribution in [3.8, 4) is 22.3 Å². The van der Waals surface area contributed by atoms with Crippen LogP contribution in [0.25, 0.3) is 65.9 Å². The molecule has 4 aliphatic rings. The van der Waals surface area contributed by atoms with E-state index in [0.29, 0.717) is 52.3 Å². The fourth-order valence-electron chi connectivity index (χ4n) is 11.8. The quantitative estimate of drug-likeness (QED) is 0.0683. The Bertz CT molecular complexity index is 3510. The zero-order chi connectivity index (χ0) is 49.9. The van der Waals surface area contributed by atoms with Crippen molar-refractivity contribution in [2.24, 2.45) is 0 Å². The number of hydrogen-bond donors (Lipinski definition) is 3. The number of carbonyl (C=O) groups is 3. The number of nitrogens with zero attached hydrogens (tertiary/aromatic N) is 3. The number of aromatic nitrogens is 2. The van der Waals surface area contributed by atoms with Crippen LogP contribution >= 0.6 is 0 Å². The number of benzene rings is 6. The van der Waals surface area contributed by atoms with Gasteiger partial charge in [0.05, 0.1) is 60.7 Å². The van der Waals surface area contributed by atoms with Crippen LogP contribution in [0.2, 0.25) is 0 Å². The van der Waals surface area contributed by atoms with Gasteiger partial charge >= 0.3 is 5.97 Å². The number of aliphatic hydroxyl groups is 1. The Morgan fingerprint density at radius 1 is 0.639 bits per heavy atom.